The van der Waals surface area contributed by atoms with E-state index in [2.05, 4.69) is 15.6 Å². The van der Waals surface area contributed by atoms with Gasteiger partial charge >= 0.3 is 6.18 Å². The van der Waals surface area contributed by atoms with E-state index in [1.54, 1.807) is 4.72 Å². The Balaban J connectivity index is 1.81. The molecule has 0 spiro atoms. The van der Waals surface area contributed by atoms with Crippen molar-refractivity contribution in [2.24, 2.45) is 0 Å². The molecule has 1 atom stereocenters. The number of rotatable bonds is 5. The van der Waals surface area contributed by atoms with Crippen LogP contribution in [0.15, 0.2) is 41.4 Å². The highest BCUT2D eigenvalue weighted by Crippen LogP contribution is 2.41. The zero-order chi connectivity index (χ0) is 24.0. The van der Waals surface area contributed by atoms with Crippen LogP contribution in [0.5, 0.6) is 0 Å². The lowest BCUT2D eigenvalue weighted by Crippen LogP contribution is -2.42. The molecule has 4 rings (SSSR count). The molecule has 1 aliphatic carbocycles. The van der Waals surface area contributed by atoms with Crippen LogP contribution in [0.3, 0.4) is 0 Å². The van der Waals surface area contributed by atoms with Gasteiger partial charge in [0.2, 0.25) is 10.0 Å². The minimum atomic E-state index is -4.71. The number of fused-ring (bicyclic) bond motifs is 1. The Hall–Kier alpha value is -2.90. The van der Waals surface area contributed by atoms with E-state index in [0.717, 1.165) is 55.3 Å². The lowest BCUT2D eigenvalue weighted by molar-refractivity contribution is -0.147. The number of halogens is 3. The summed E-state index contributed by atoms with van der Waals surface area (Å²) in [7, 11) is -4.42. The van der Waals surface area contributed by atoms with Crippen molar-refractivity contribution >= 4 is 20.9 Å². The van der Waals surface area contributed by atoms with Gasteiger partial charge in [-0.05, 0) is 50.5 Å². The molecule has 33 heavy (non-hydrogen) atoms. The van der Waals surface area contributed by atoms with Crippen LogP contribution >= 0.6 is 0 Å². The molecule has 174 valence electrons. The van der Waals surface area contributed by atoms with Crippen molar-refractivity contribution < 1.29 is 21.6 Å². The second kappa shape index (κ2) is 8.47. The molecule has 0 amide bonds. The van der Waals surface area contributed by atoms with Crippen molar-refractivity contribution in [3.8, 4) is 17.5 Å². The average Bonchev–Trinajstić information content (AvgIpc) is 3.38. The van der Waals surface area contributed by atoms with Crippen molar-refractivity contribution in [3.63, 3.8) is 0 Å². The van der Waals surface area contributed by atoms with Crippen LogP contribution in [0.4, 0.5) is 13.2 Å². The minimum absolute atomic E-state index is 0.186. The molecule has 0 aliphatic heterocycles. The van der Waals surface area contributed by atoms with Gasteiger partial charge < -0.3 is 4.57 Å². The quantitative estimate of drug-likeness (QED) is 0.546. The lowest BCUT2D eigenvalue weighted by atomic mass is 10.1. The van der Waals surface area contributed by atoms with Gasteiger partial charge in [0.15, 0.2) is 0 Å². The van der Waals surface area contributed by atoms with Crippen LogP contribution in [0, 0.1) is 18.3 Å². The fraction of sp³-hybridized carbons (Fsp3) is 0.391. The third-order valence-corrected chi connectivity index (χ3v) is 7.60. The summed E-state index contributed by atoms with van der Waals surface area (Å²) in [5.74, 6) is 0. The Bertz CT molecular complexity index is 1330. The molecular weight excluding hydrogens is 453 g/mol. The van der Waals surface area contributed by atoms with Gasteiger partial charge in [-0.25, -0.2) is 8.42 Å². The maximum absolute atomic E-state index is 12.8. The smallest absolute Gasteiger partial charge is 0.335 e. The van der Waals surface area contributed by atoms with Crippen molar-refractivity contribution in [2.75, 3.05) is 0 Å². The normalized spacial score (nSPS) is 16.2. The van der Waals surface area contributed by atoms with Crippen LogP contribution in [0.2, 0.25) is 0 Å². The summed E-state index contributed by atoms with van der Waals surface area (Å²) >= 11 is 0. The molecule has 1 aromatic carbocycles. The maximum Gasteiger partial charge on any atom is 0.404 e. The van der Waals surface area contributed by atoms with E-state index in [-0.39, 0.29) is 10.9 Å². The molecule has 2 aromatic heterocycles. The zero-order valence-corrected chi connectivity index (χ0v) is 19.0. The molecule has 1 saturated carbocycles. The summed E-state index contributed by atoms with van der Waals surface area (Å²) in [6.45, 7) is 2.71. The van der Waals surface area contributed by atoms with Gasteiger partial charge in [-0.1, -0.05) is 25.0 Å². The van der Waals surface area contributed by atoms with E-state index in [4.69, 9.17) is 0 Å². The summed E-state index contributed by atoms with van der Waals surface area (Å²) < 4.78 is 67.0. The first kappa shape index (κ1) is 23.3. The predicted octanol–water partition coefficient (Wildman–Crippen LogP) is 5.23. The first-order valence-electron chi connectivity index (χ1n) is 10.6. The number of nitriles is 1. The van der Waals surface area contributed by atoms with E-state index >= 15 is 0 Å². The Morgan fingerprint density at radius 2 is 1.91 bits per heavy atom. The van der Waals surface area contributed by atoms with E-state index in [0.29, 0.717) is 17.0 Å². The number of alkyl halides is 3. The van der Waals surface area contributed by atoms with Crippen LogP contribution in [0.1, 0.15) is 49.8 Å². The number of nitrogens with zero attached hydrogens (tertiary/aromatic N) is 3. The second-order valence-electron chi connectivity index (χ2n) is 8.43. The van der Waals surface area contributed by atoms with E-state index in [1.165, 1.54) is 12.1 Å². The topological polar surface area (TPSA) is 87.8 Å². The standard InChI is InChI=1S/C23H23F3N4O2S/c1-14-7-9-18-19(12-27)22(30(21(18)11-14)16-5-3-4-6-16)20-10-8-17(13-28-20)33(31,32)29-15(2)23(24,25)26/h7-11,13,15-16,29H,3-6H2,1-2H3. The van der Waals surface area contributed by atoms with E-state index in [1.807, 2.05) is 25.1 Å². The van der Waals surface area contributed by atoms with Crippen molar-refractivity contribution in [3.05, 3.63) is 47.7 Å². The number of nitrogens with one attached hydrogen (secondary N) is 1. The highest BCUT2D eigenvalue weighted by molar-refractivity contribution is 7.89. The van der Waals surface area contributed by atoms with E-state index < -0.39 is 22.2 Å². The molecule has 1 unspecified atom stereocenters. The number of hydrogen-bond acceptors (Lipinski definition) is 4. The van der Waals surface area contributed by atoms with Gasteiger partial charge in [0, 0.05) is 17.6 Å². The number of benzene rings is 1. The predicted molar refractivity (Wildman–Crippen MR) is 118 cm³/mol. The Kier molecular flexibility index (Phi) is 5.97. The number of pyridine rings is 1. The van der Waals surface area contributed by atoms with Gasteiger partial charge in [0.25, 0.3) is 0 Å². The van der Waals surface area contributed by atoms with Gasteiger partial charge in [-0.15, -0.1) is 0 Å². The molecule has 10 heteroatoms. The van der Waals surface area contributed by atoms with Gasteiger partial charge in [-0.3, -0.25) is 4.98 Å². The molecule has 2 heterocycles. The Morgan fingerprint density at radius 1 is 1.21 bits per heavy atom. The molecule has 0 bridgehead atoms. The number of hydrogen-bond donors (Lipinski definition) is 1. The van der Waals surface area contributed by atoms with Crippen LogP contribution < -0.4 is 4.72 Å². The van der Waals surface area contributed by atoms with Gasteiger partial charge in [-0.2, -0.15) is 23.2 Å². The molecule has 1 N–H and O–H groups in total. The summed E-state index contributed by atoms with van der Waals surface area (Å²) in [6.07, 6.45) is 0.394. The molecule has 1 fully saturated rings. The maximum atomic E-state index is 12.8. The molecular formula is C23H23F3N4O2S. The zero-order valence-electron chi connectivity index (χ0n) is 18.1. The molecule has 3 aromatic rings. The number of aryl methyl sites for hydroxylation is 1. The molecule has 0 saturated heterocycles. The lowest BCUT2D eigenvalue weighted by Gasteiger charge is -2.19. The van der Waals surface area contributed by atoms with Crippen LogP contribution in [-0.2, 0) is 10.0 Å². The monoisotopic (exact) mass is 476 g/mol. The first-order valence-corrected chi connectivity index (χ1v) is 12.1. The summed E-state index contributed by atoms with van der Waals surface area (Å²) in [5.41, 5.74) is 3.42. The van der Waals surface area contributed by atoms with Gasteiger partial charge in [0.05, 0.1) is 22.5 Å². The van der Waals surface area contributed by atoms with Crippen LogP contribution in [0.25, 0.3) is 22.3 Å². The summed E-state index contributed by atoms with van der Waals surface area (Å²) in [6, 6.07) is 8.75. The summed E-state index contributed by atoms with van der Waals surface area (Å²) in [4.78, 5) is 3.90. The first-order chi connectivity index (χ1) is 15.5. The average molecular weight is 477 g/mol. The third-order valence-electron chi connectivity index (χ3n) is 6.07. The Labute approximate surface area is 190 Å². The second-order valence-corrected chi connectivity index (χ2v) is 10.1. The Morgan fingerprint density at radius 3 is 2.48 bits per heavy atom. The van der Waals surface area contributed by atoms with E-state index in [9.17, 15) is 26.9 Å². The highest BCUT2D eigenvalue weighted by atomic mass is 32.2. The largest absolute Gasteiger partial charge is 0.404 e. The highest BCUT2D eigenvalue weighted by Gasteiger charge is 2.39. The molecule has 0 radical (unpaired) electrons. The minimum Gasteiger partial charge on any atom is -0.335 e. The fourth-order valence-electron chi connectivity index (χ4n) is 4.37. The SMILES string of the molecule is Cc1ccc2c(C#N)c(-c3ccc(S(=O)(=O)NC(C)C(F)(F)F)cn3)n(C3CCCC3)c2c1. The fourth-order valence-corrected chi connectivity index (χ4v) is 5.55. The van der Waals surface area contributed by atoms with Crippen molar-refractivity contribution in [2.45, 2.75) is 62.7 Å². The number of aromatic nitrogens is 2. The van der Waals surface area contributed by atoms with Crippen LogP contribution in [-0.4, -0.2) is 30.2 Å². The van der Waals surface area contributed by atoms with Crippen molar-refractivity contribution in [1.29, 1.82) is 5.26 Å². The summed E-state index contributed by atoms with van der Waals surface area (Å²) in [5, 5.41) is 10.8. The molecule has 1 aliphatic rings. The molecule has 6 nitrogen and oxygen atoms in total. The van der Waals surface area contributed by atoms with Gasteiger partial charge in [0.1, 0.15) is 17.0 Å². The number of sulfonamides is 1. The third kappa shape index (κ3) is 4.35. The van der Waals surface area contributed by atoms with Crippen molar-refractivity contribution in [1.82, 2.24) is 14.3 Å².